The van der Waals surface area contributed by atoms with Crippen LogP contribution in [0.2, 0.25) is 5.02 Å². The van der Waals surface area contributed by atoms with Crippen molar-refractivity contribution < 1.29 is 13.2 Å². The normalized spacial score (nSPS) is 20.5. The summed E-state index contributed by atoms with van der Waals surface area (Å²) in [5.74, 6) is 0.256. The molecule has 1 fully saturated rings. The lowest BCUT2D eigenvalue weighted by Crippen LogP contribution is -2.39. The largest absolute Gasteiger partial charge is 0.346 e. The lowest BCUT2D eigenvalue weighted by Gasteiger charge is -2.37. The first-order chi connectivity index (χ1) is 14.1. The first kappa shape index (κ1) is 22.2. The third-order valence-corrected chi connectivity index (χ3v) is 6.20. The van der Waals surface area contributed by atoms with E-state index < -0.39 is 21.8 Å². The minimum Gasteiger partial charge on any atom is -0.346 e. The van der Waals surface area contributed by atoms with Crippen LogP contribution in [0.4, 0.5) is 5.82 Å². The molecule has 1 aromatic heterocycles. The zero-order valence-corrected chi connectivity index (χ0v) is 18.7. The Balaban J connectivity index is 1.76. The Bertz CT molecular complexity index is 1060. The van der Waals surface area contributed by atoms with Gasteiger partial charge in [-0.05, 0) is 38.3 Å². The van der Waals surface area contributed by atoms with Gasteiger partial charge >= 0.3 is 0 Å². The van der Waals surface area contributed by atoms with Crippen LogP contribution in [0.5, 0.6) is 0 Å². The molecule has 0 bridgehead atoms. The molecule has 1 saturated heterocycles. The Hall–Kier alpha value is -2.45. The van der Waals surface area contributed by atoms with E-state index in [1.165, 1.54) is 12.3 Å². The Labute approximate surface area is 182 Å². The van der Waals surface area contributed by atoms with Crippen LogP contribution in [0.3, 0.4) is 0 Å². The molecule has 1 N–H and O–H groups in total. The van der Waals surface area contributed by atoms with Crippen molar-refractivity contribution >= 4 is 33.2 Å². The number of nitrogens with zero attached hydrogens (tertiary/aromatic N) is 3. The van der Waals surface area contributed by atoms with Crippen molar-refractivity contribution in [1.82, 2.24) is 15.3 Å². The van der Waals surface area contributed by atoms with Crippen LogP contribution in [0.25, 0.3) is 0 Å². The third kappa shape index (κ3) is 4.99. The van der Waals surface area contributed by atoms with Gasteiger partial charge in [-0.1, -0.05) is 35.9 Å². The van der Waals surface area contributed by atoms with E-state index in [-0.39, 0.29) is 11.2 Å². The van der Waals surface area contributed by atoms with E-state index in [0.717, 1.165) is 36.6 Å². The first-order valence-electron chi connectivity index (χ1n) is 9.64. The number of nitrogens with one attached hydrogen (secondary N) is 1. The van der Waals surface area contributed by atoms with Crippen molar-refractivity contribution in [3.05, 3.63) is 64.4 Å². The Morgan fingerprint density at radius 2 is 2.03 bits per heavy atom. The smallest absolute Gasteiger partial charge is 0.271 e. The van der Waals surface area contributed by atoms with Gasteiger partial charge in [0.25, 0.3) is 5.91 Å². The highest BCUT2D eigenvalue weighted by Gasteiger charge is 2.40. The van der Waals surface area contributed by atoms with Crippen LogP contribution in [0.1, 0.15) is 42.7 Å². The molecule has 9 heteroatoms. The molecule has 0 radical (unpaired) electrons. The van der Waals surface area contributed by atoms with Gasteiger partial charge in [0, 0.05) is 29.3 Å². The fraction of sp³-hybridized carbons (Fsp3) is 0.381. The molecular weight excluding hydrogens is 424 g/mol. The molecule has 2 atom stereocenters. The number of rotatable bonds is 6. The molecule has 0 aliphatic carbocycles. The van der Waals surface area contributed by atoms with E-state index in [1.54, 1.807) is 13.1 Å². The van der Waals surface area contributed by atoms with E-state index >= 15 is 0 Å². The SMILES string of the molecule is C[C@H](/C=C/S(C)(=O)=O)NC(=O)c1cnc(N2CCCC2(C)c2ccccc2Cl)cn1. The summed E-state index contributed by atoms with van der Waals surface area (Å²) in [6.45, 7) is 4.63. The summed E-state index contributed by atoms with van der Waals surface area (Å²) in [4.78, 5) is 23.3. The molecule has 1 unspecified atom stereocenters. The second-order valence-electron chi connectivity index (χ2n) is 7.69. The zero-order chi connectivity index (χ0) is 21.9. The molecule has 0 spiro atoms. The highest BCUT2D eigenvalue weighted by atomic mass is 35.5. The molecule has 2 aromatic rings. The van der Waals surface area contributed by atoms with Crippen LogP contribution >= 0.6 is 11.6 Å². The molecule has 3 rings (SSSR count). The number of hydrogen-bond acceptors (Lipinski definition) is 6. The van der Waals surface area contributed by atoms with Gasteiger partial charge in [-0.2, -0.15) is 0 Å². The number of amides is 1. The lowest BCUT2D eigenvalue weighted by atomic mass is 9.89. The zero-order valence-electron chi connectivity index (χ0n) is 17.2. The molecule has 1 amide bonds. The van der Waals surface area contributed by atoms with Crippen LogP contribution in [0.15, 0.2) is 48.1 Å². The van der Waals surface area contributed by atoms with Crippen molar-refractivity contribution in [1.29, 1.82) is 0 Å². The summed E-state index contributed by atoms with van der Waals surface area (Å²) >= 11 is 6.46. The van der Waals surface area contributed by atoms with Crippen LogP contribution in [-0.2, 0) is 15.4 Å². The van der Waals surface area contributed by atoms with Gasteiger partial charge in [-0.3, -0.25) is 4.79 Å². The summed E-state index contributed by atoms with van der Waals surface area (Å²) in [6, 6.07) is 7.34. The fourth-order valence-electron chi connectivity index (χ4n) is 3.68. The molecule has 30 heavy (non-hydrogen) atoms. The van der Waals surface area contributed by atoms with Gasteiger partial charge in [0.1, 0.15) is 11.5 Å². The topological polar surface area (TPSA) is 92.3 Å². The number of halogens is 1. The molecule has 1 aliphatic rings. The van der Waals surface area contributed by atoms with E-state index in [9.17, 15) is 13.2 Å². The van der Waals surface area contributed by atoms with Gasteiger partial charge in [0.15, 0.2) is 9.84 Å². The van der Waals surface area contributed by atoms with Gasteiger partial charge in [0.2, 0.25) is 0 Å². The summed E-state index contributed by atoms with van der Waals surface area (Å²) in [7, 11) is -3.25. The fourth-order valence-corrected chi connectivity index (χ4v) is 4.54. The number of carbonyl (C=O) groups is 1. The van der Waals surface area contributed by atoms with Crippen molar-refractivity contribution in [3.8, 4) is 0 Å². The van der Waals surface area contributed by atoms with E-state index in [0.29, 0.717) is 10.8 Å². The Morgan fingerprint density at radius 1 is 1.30 bits per heavy atom. The average Bonchev–Trinajstić information content (AvgIpc) is 3.09. The van der Waals surface area contributed by atoms with E-state index in [4.69, 9.17) is 11.6 Å². The van der Waals surface area contributed by atoms with Gasteiger partial charge < -0.3 is 10.2 Å². The van der Waals surface area contributed by atoms with Gasteiger partial charge in [-0.15, -0.1) is 0 Å². The molecule has 1 aliphatic heterocycles. The number of sulfone groups is 1. The molecule has 1 aromatic carbocycles. The number of carbonyl (C=O) groups excluding carboxylic acids is 1. The predicted octanol–water partition coefficient (Wildman–Crippen LogP) is 3.32. The first-order valence-corrected chi connectivity index (χ1v) is 12.0. The average molecular weight is 449 g/mol. The third-order valence-electron chi connectivity index (χ3n) is 5.22. The van der Waals surface area contributed by atoms with Gasteiger partial charge in [-0.25, -0.2) is 18.4 Å². The van der Waals surface area contributed by atoms with E-state index in [1.807, 2.05) is 24.3 Å². The second kappa shape index (κ2) is 8.73. The summed E-state index contributed by atoms with van der Waals surface area (Å²) in [6.07, 6.45) is 7.46. The van der Waals surface area contributed by atoms with Crippen LogP contribution in [0, 0.1) is 0 Å². The molecule has 160 valence electrons. The minimum absolute atomic E-state index is 0.164. The summed E-state index contributed by atoms with van der Waals surface area (Å²) in [5.41, 5.74) is 0.901. The van der Waals surface area contributed by atoms with E-state index in [2.05, 4.69) is 27.1 Å². The quantitative estimate of drug-likeness (QED) is 0.728. The number of aromatic nitrogens is 2. The van der Waals surface area contributed by atoms with Crippen molar-refractivity contribution in [2.45, 2.75) is 38.3 Å². The Kier molecular flexibility index (Phi) is 6.47. The summed E-state index contributed by atoms with van der Waals surface area (Å²) < 4.78 is 22.4. The predicted molar refractivity (Wildman–Crippen MR) is 118 cm³/mol. The van der Waals surface area contributed by atoms with Crippen LogP contribution in [-0.4, -0.2) is 43.1 Å². The van der Waals surface area contributed by atoms with Crippen molar-refractivity contribution in [2.75, 3.05) is 17.7 Å². The highest BCUT2D eigenvalue weighted by molar-refractivity contribution is 7.93. The highest BCUT2D eigenvalue weighted by Crippen LogP contribution is 2.43. The Morgan fingerprint density at radius 3 is 2.67 bits per heavy atom. The summed E-state index contributed by atoms with van der Waals surface area (Å²) in [5, 5.41) is 4.46. The monoisotopic (exact) mass is 448 g/mol. The van der Waals surface area contributed by atoms with Crippen LogP contribution < -0.4 is 10.2 Å². The van der Waals surface area contributed by atoms with Crippen molar-refractivity contribution in [2.24, 2.45) is 0 Å². The maximum atomic E-state index is 12.4. The molecule has 2 heterocycles. The maximum absolute atomic E-state index is 12.4. The van der Waals surface area contributed by atoms with Gasteiger partial charge in [0.05, 0.1) is 17.9 Å². The standard InChI is InChI=1S/C21H25ClN4O3S/c1-15(9-12-30(3,28)29)25-20(27)18-13-24-19(14-23-18)26-11-6-10-21(26,2)16-7-4-5-8-17(16)22/h4-5,7-9,12-15H,6,10-11H2,1-3H3,(H,25,27)/b12-9+/t15-,21?/m1/s1. The molecular formula is C21H25ClN4O3S. The second-order valence-corrected chi connectivity index (χ2v) is 10.0. The number of benzene rings is 1. The minimum atomic E-state index is -3.25. The molecule has 7 nitrogen and oxygen atoms in total. The molecule has 0 saturated carbocycles. The van der Waals surface area contributed by atoms with Crippen molar-refractivity contribution in [3.63, 3.8) is 0 Å². The number of anilines is 1. The number of hydrogen-bond donors (Lipinski definition) is 1. The maximum Gasteiger partial charge on any atom is 0.271 e. The lowest BCUT2D eigenvalue weighted by molar-refractivity contribution is 0.0941.